The molecule has 2 aromatic heterocycles. The minimum atomic E-state index is -0.401. The average Bonchev–Trinajstić information content (AvgIpc) is 3.24. The minimum Gasteiger partial charge on any atom is -0.342 e. The molecular formula is C23H31N7O3. The quantitative estimate of drug-likeness (QED) is 0.724. The van der Waals surface area contributed by atoms with Gasteiger partial charge in [0.25, 0.3) is 0 Å². The van der Waals surface area contributed by atoms with Gasteiger partial charge in [0.2, 0.25) is 11.8 Å². The first-order chi connectivity index (χ1) is 16.1. The molecule has 0 radical (unpaired) electrons. The number of piperazine rings is 1. The van der Waals surface area contributed by atoms with Crippen LogP contribution in [0.4, 0.5) is 10.5 Å². The van der Waals surface area contributed by atoms with E-state index in [1.807, 2.05) is 11.1 Å². The van der Waals surface area contributed by atoms with Gasteiger partial charge >= 0.3 is 6.03 Å². The zero-order chi connectivity index (χ0) is 22.8. The number of urea groups is 1. The van der Waals surface area contributed by atoms with Gasteiger partial charge in [-0.2, -0.15) is 5.10 Å². The highest BCUT2D eigenvalue weighted by molar-refractivity contribution is 6.07. The molecule has 3 aliphatic heterocycles. The van der Waals surface area contributed by atoms with Gasteiger partial charge in [0.15, 0.2) is 0 Å². The Morgan fingerprint density at radius 1 is 0.970 bits per heavy atom. The number of carbonyl (C=O) groups excluding carboxylic acids is 3. The maximum Gasteiger partial charge on any atom is 0.328 e. The number of hydrogen-bond donors (Lipinski definition) is 1. The predicted molar refractivity (Wildman–Crippen MR) is 123 cm³/mol. The van der Waals surface area contributed by atoms with Crippen molar-refractivity contribution in [2.45, 2.75) is 32.2 Å². The number of carbonyl (C=O) groups is 3. The Hall–Kier alpha value is -2.98. The fraction of sp³-hybridized carbons (Fsp3) is 0.565. The second kappa shape index (κ2) is 9.48. The monoisotopic (exact) mass is 453 g/mol. The largest absolute Gasteiger partial charge is 0.342 e. The molecule has 0 unspecified atom stereocenters. The van der Waals surface area contributed by atoms with Crippen LogP contribution in [0.5, 0.6) is 0 Å². The second-order valence-electron chi connectivity index (χ2n) is 9.14. The molecule has 0 aromatic carbocycles. The van der Waals surface area contributed by atoms with E-state index in [-0.39, 0.29) is 18.2 Å². The molecule has 0 spiro atoms. The number of nitrogens with zero attached hydrogens (tertiary/aromatic N) is 6. The van der Waals surface area contributed by atoms with Crippen molar-refractivity contribution in [3.05, 3.63) is 30.1 Å². The fourth-order valence-corrected chi connectivity index (χ4v) is 4.91. The number of piperidine rings is 1. The lowest BCUT2D eigenvalue weighted by Gasteiger charge is -2.36. The number of likely N-dealkylation sites (tertiary alicyclic amines) is 1. The summed E-state index contributed by atoms with van der Waals surface area (Å²) in [6.45, 7) is 7.12. The van der Waals surface area contributed by atoms with Crippen LogP contribution in [0.15, 0.2) is 24.5 Å². The van der Waals surface area contributed by atoms with E-state index in [0.717, 1.165) is 69.7 Å². The van der Waals surface area contributed by atoms with Gasteiger partial charge in [-0.25, -0.2) is 9.31 Å². The van der Waals surface area contributed by atoms with Crippen molar-refractivity contribution in [1.82, 2.24) is 29.6 Å². The summed E-state index contributed by atoms with van der Waals surface area (Å²) >= 11 is 0. The average molecular weight is 454 g/mol. The summed E-state index contributed by atoms with van der Waals surface area (Å²) in [5.41, 5.74) is 2.71. The first-order valence-electron chi connectivity index (χ1n) is 11.9. The lowest BCUT2D eigenvalue weighted by atomic mass is 10.1. The SMILES string of the molecule is O=C1CCN(c2cnn3ccc(CN4CCN(CC(=O)N5CCCCC5)CC4)cc23)C(=O)N1. The van der Waals surface area contributed by atoms with Gasteiger partial charge in [-0.1, -0.05) is 0 Å². The molecule has 1 N–H and O–H groups in total. The van der Waals surface area contributed by atoms with E-state index in [9.17, 15) is 14.4 Å². The molecule has 2 aromatic rings. The Bertz CT molecular complexity index is 1040. The zero-order valence-corrected chi connectivity index (χ0v) is 18.9. The number of imide groups is 1. The molecule has 10 heteroatoms. The van der Waals surface area contributed by atoms with Crippen molar-refractivity contribution in [1.29, 1.82) is 0 Å². The highest BCUT2D eigenvalue weighted by Gasteiger charge is 2.27. The van der Waals surface area contributed by atoms with Crippen molar-refractivity contribution in [3.8, 4) is 0 Å². The number of hydrogen-bond acceptors (Lipinski definition) is 6. The summed E-state index contributed by atoms with van der Waals surface area (Å²) in [6, 6.07) is 3.72. The first-order valence-corrected chi connectivity index (χ1v) is 11.9. The van der Waals surface area contributed by atoms with Crippen LogP contribution in [0.3, 0.4) is 0 Å². The molecule has 3 saturated heterocycles. The van der Waals surface area contributed by atoms with E-state index in [4.69, 9.17) is 0 Å². The van der Waals surface area contributed by atoms with Gasteiger partial charge in [-0.15, -0.1) is 0 Å². The molecule has 10 nitrogen and oxygen atoms in total. The van der Waals surface area contributed by atoms with Gasteiger partial charge in [-0.05, 0) is 37.0 Å². The zero-order valence-electron chi connectivity index (χ0n) is 18.9. The lowest BCUT2D eigenvalue weighted by molar-refractivity contribution is -0.133. The molecule has 0 atom stereocenters. The molecular weight excluding hydrogens is 422 g/mol. The van der Waals surface area contributed by atoms with Crippen LogP contribution in [-0.2, 0) is 16.1 Å². The summed E-state index contributed by atoms with van der Waals surface area (Å²) in [4.78, 5) is 44.6. The molecule has 0 bridgehead atoms. The normalized spacial score (nSPS) is 21.0. The third kappa shape index (κ3) is 4.86. The van der Waals surface area contributed by atoms with Crippen LogP contribution in [0.2, 0.25) is 0 Å². The van der Waals surface area contributed by atoms with Crippen LogP contribution in [0.25, 0.3) is 5.52 Å². The molecule has 176 valence electrons. The van der Waals surface area contributed by atoms with E-state index in [2.05, 4.69) is 32.3 Å². The Morgan fingerprint density at radius 2 is 1.73 bits per heavy atom. The molecule has 5 heterocycles. The fourth-order valence-electron chi connectivity index (χ4n) is 4.91. The van der Waals surface area contributed by atoms with Gasteiger partial charge in [0.05, 0.1) is 23.9 Å². The topological polar surface area (TPSA) is 93.5 Å². The van der Waals surface area contributed by atoms with Crippen LogP contribution in [0, 0.1) is 0 Å². The number of amides is 4. The van der Waals surface area contributed by atoms with Crippen LogP contribution >= 0.6 is 0 Å². The van der Waals surface area contributed by atoms with Crippen molar-refractivity contribution in [3.63, 3.8) is 0 Å². The number of nitrogens with one attached hydrogen (secondary N) is 1. The van der Waals surface area contributed by atoms with Crippen LogP contribution in [0.1, 0.15) is 31.2 Å². The van der Waals surface area contributed by atoms with E-state index >= 15 is 0 Å². The molecule has 0 aliphatic carbocycles. The van der Waals surface area contributed by atoms with Gasteiger partial charge in [-0.3, -0.25) is 29.6 Å². The summed E-state index contributed by atoms with van der Waals surface area (Å²) in [7, 11) is 0. The molecule has 0 saturated carbocycles. The van der Waals surface area contributed by atoms with Crippen molar-refractivity contribution >= 4 is 29.0 Å². The van der Waals surface area contributed by atoms with E-state index in [0.29, 0.717) is 18.8 Å². The molecule has 5 rings (SSSR count). The minimum absolute atomic E-state index is 0.245. The second-order valence-corrected chi connectivity index (χ2v) is 9.14. The molecule has 33 heavy (non-hydrogen) atoms. The highest BCUT2D eigenvalue weighted by atomic mass is 16.2. The Balaban J connectivity index is 1.18. The summed E-state index contributed by atoms with van der Waals surface area (Å²) in [6.07, 6.45) is 7.36. The van der Waals surface area contributed by atoms with Gasteiger partial charge < -0.3 is 4.90 Å². The number of anilines is 1. The predicted octanol–water partition coefficient (Wildman–Crippen LogP) is 0.911. The molecule has 3 aliphatic rings. The van der Waals surface area contributed by atoms with Crippen molar-refractivity contribution < 1.29 is 14.4 Å². The maximum atomic E-state index is 12.6. The van der Waals surface area contributed by atoms with Crippen LogP contribution in [-0.4, -0.2) is 94.5 Å². The Morgan fingerprint density at radius 3 is 2.48 bits per heavy atom. The summed E-state index contributed by atoms with van der Waals surface area (Å²) < 4.78 is 1.76. The summed E-state index contributed by atoms with van der Waals surface area (Å²) in [5.74, 6) is 0.0236. The Kier molecular flexibility index (Phi) is 6.28. The number of aromatic nitrogens is 2. The van der Waals surface area contributed by atoms with E-state index in [1.165, 1.54) is 6.42 Å². The first kappa shape index (κ1) is 21.8. The highest BCUT2D eigenvalue weighted by Crippen LogP contribution is 2.24. The number of fused-ring (bicyclic) bond motifs is 1. The van der Waals surface area contributed by atoms with Gasteiger partial charge in [0, 0.05) is 65.0 Å². The smallest absolute Gasteiger partial charge is 0.328 e. The molecule has 3 fully saturated rings. The van der Waals surface area contributed by atoms with E-state index in [1.54, 1.807) is 15.6 Å². The van der Waals surface area contributed by atoms with Crippen LogP contribution < -0.4 is 10.2 Å². The van der Waals surface area contributed by atoms with Crippen molar-refractivity contribution in [2.24, 2.45) is 0 Å². The summed E-state index contributed by atoms with van der Waals surface area (Å²) in [5, 5.41) is 6.74. The van der Waals surface area contributed by atoms with Crippen molar-refractivity contribution in [2.75, 3.05) is 57.3 Å². The molecule has 4 amide bonds. The maximum absolute atomic E-state index is 12.6. The van der Waals surface area contributed by atoms with E-state index < -0.39 is 6.03 Å². The Labute approximate surface area is 193 Å². The third-order valence-electron chi connectivity index (χ3n) is 6.85. The van der Waals surface area contributed by atoms with Gasteiger partial charge in [0.1, 0.15) is 0 Å². The number of pyridine rings is 1. The number of rotatable bonds is 5. The lowest BCUT2D eigenvalue weighted by Crippen LogP contribution is -2.50. The standard InChI is InChI=1S/C23H31N7O3/c31-21-5-8-29(23(33)25-21)20-15-24-30-9-4-18(14-19(20)30)16-26-10-12-27(13-11-26)17-22(32)28-6-2-1-3-7-28/h4,9,14-15H,1-3,5-8,10-13,16-17H2,(H,25,31,33). The third-order valence-corrected chi connectivity index (χ3v) is 6.85.